The summed E-state index contributed by atoms with van der Waals surface area (Å²) in [5.41, 5.74) is -2.25. The highest BCUT2D eigenvalue weighted by Crippen LogP contribution is 2.37. The molecule has 1 aromatic carbocycles. The Bertz CT molecular complexity index is 785. The van der Waals surface area contributed by atoms with E-state index in [0.717, 1.165) is 10.3 Å². The zero-order valence-electron chi connectivity index (χ0n) is 10.4. The van der Waals surface area contributed by atoms with Gasteiger partial charge >= 0.3 is 5.97 Å². The molecule has 2 rings (SSSR count). The first kappa shape index (κ1) is 14.2. The summed E-state index contributed by atoms with van der Waals surface area (Å²) < 4.78 is 27.9. The van der Waals surface area contributed by atoms with Gasteiger partial charge < -0.3 is 15.1 Å². The summed E-state index contributed by atoms with van der Waals surface area (Å²) >= 11 is 0.618. The van der Waals surface area contributed by atoms with E-state index >= 15 is 0 Å². The third kappa shape index (κ3) is 1.88. The SMILES string of the molecule is CN(C)c1c(F)c(O)c2c(=O)c(C(=O)O)csc2c1F. The number of anilines is 1. The highest BCUT2D eigenvalue weighted by molar-refractivity contribution is 7.16. The molecule has 5 nitrogen and oxygen atoms in total. The van der Waals surface area contributed by atoms with Crippen LogP contribution in [0.4, 0.5) is 14.5 Å². The smallest absolute Gasteiger partial charge is 0.340 e. The average molecular weight is 301 g/mol. The zero-order chi connectivity index (χ0) is 15.2. The van der Waals surface area contributed by atoms with E-state index in [2.05, 4.69) is 0 Å². The van der Waals surface area contributed by atoms with Crippen molar-refractivity contribution in [1.82, 2.24) is 0 Å². The molecule has 1 aromatic heterocycles. The van der Waals surface area contributed by atoms with E-state index in [-0.39, 0.29) is 4.70 Å². The van der Waals surface area contributed by atoms with Crippen molar-refractivity contribution < 1.29 is 23.8 Å². The van der Waals surface area contributed by atoms with Crippen LogP contribution >= 0.6 is 11.3 Å². The van der Waals surface area contributed by atoms with Crippen LogP contribution in [0.3, 0.4) is 0 Å². The second-order valence-electron chi connectivity index (χ2n) is 4.21. The number of carboxylic acid groups (broad SMARTS) is 1. The normalized spacial score (nSPS) is 10.8. The van der Waals surface area contributed by atoms with Crippen molar-refractivity contribution in [2.75, 3.05) is 19.0 Å². The Labute approximate surface area is 115 Å². The quantitative estimate of drug-likeness (QED) is 0.887. The second-order valence-corrected chi connectivity index (χ2v) is 5.09. The Morgan fingerprint density at radius 2 is 1.90 bits per heavy atom. The number of hydrogen-bond acceptors (Lipinski definition) is 5. The van der Waals surface area contributed by atoms with E-state index < -0.39 is 45.4 Å². The topological polar surface area (TPSA) is 77.8 Å². The predicted octanol–water partition coefficient (Wildman–Crippen LogP) is 2.01. The van der Waals surface area contributed by atoms with E-state index in [1.165, 1.54) is 14.1 Å². The van der Waals surface area contributed by atoms with E-state index in [4.69, 9.17) is 5.11 Å². The Balaban J connectivity index is 3.04. The first-order chi connectivity index (χ1) is 9.27. The largest absolute Gasteiger partial charge is 0.504 e. The fraction of sp³-hybridized carbons (Fsp3) is 0.167. The number of phenols is 1. The van der Waals surface area contributed by atoms with Crippen LogP contribution in [0, 0.1) is 11.6 Å². The number of rotatable bonds is 2. The number of carboxylic acids is 1. The molecule has 0 spiro atoms. The minimum absolute atomic E-state index is 0.289. The van der Waals surface area contributed by atoms with Crippen molar-refractivity contribution in [3.05, 3.63) is 32.8 Å². The Hall–Kier alpha value is -2.22. The number of aromatic carboxylic acids is 1. The molecule has 0 aliphatic heterocycles. The van der Waals surface area contributed by atoms with Crippen molar-refractivity contribution >= 4 is 33.1 Å². The lowest BCUT2D eigenvalue weighted by Gasteiger charge is -2.16. The highest BCUT2D eigenvalue weighted by atomic mass is 32.1. The van der Waals surface area contributed by atoms with Gasteiger partial charge in [-0.25, -0.2) is 13.6 Å². The van der Waals surface area contributed by atoms with Crippen LogP contribution in [0.2, 0.25) is 0 Å². The standard InChI is InChI=1S/C12H9F2NO4S/c1-15(2)8-6(13)10(17)5-9(16)4(12(18)19)3-20-11(5)7(8)14/h3,17H,1-2H3,(H,18,19). The van der Waals surface area contributed by atoms with Crippen molar-refractivity contribution in [1.29, 1.82) is 0 Å². The first-order valence-corrected chi connectivity index (χ1v) is 6.21. The molecule has 0 radical (unpaired) electrons. The molecule has 0 aliphatic carbocycles. The summed E-state index contributed by atoms with van der Waals surface area (Å²) in [5.74, 6) is -4.88. The van der Waals surface area contributed by atoms with E-state index in [0.29, 0.717) is 11.3 Å². The summed E-state index contributed by atoms with van der Waals surface area (Å²) in [4.78, 5) is 23.9. The predicted molar refractivity (Wildman–Crippen MR) is 71.0 cm³/mol. The fourth-order valence-corrected chi connectivity index (χ4v) is 2.76. The van der Waals surface area contributed by atoms with Crippen molar-refractivity contribution in [2.45, 2.75) is 0 Å². The van der Waals surface area contributed by atoms with Crippen molar-refractivity contribution in [3.63, 3.8) is 0 Å². The van der Waals surface area contributed by atoms with Crippen LogP contribution in [0.25, 0.3) is 10.1 Å². The lowest BCUT2D eigenvalue weighted by atomic mass is 10.1. The zero-order valence-corrected chi connectivity index (χ0v) is 11.2. The summed E-state index contributed by atoms with van der Waals surface area (Å²) in [6, 6.07) is 0. The minimum Gasteiger partial charge on any atom is -0.504 e. The summed E-state index contributed by atoms with van der Waals surface area (Å²) in [6.07, 6.45) is 0. The number of phenolic OH excluding ortho intramolecular Hbond substituents is 1. The molecule has 20 heavy (non-hydrogen) atoms. The molecule has 0 aliphatic rings. The van der Waals surface area contributed by atoms with Crippen molar-refractivity contribution in [3.8, 4) is 5.75 Å². The molecule has 0 amide bonds. The Kier molecular flexibility index (Phi) is 3.34. The minimum atomic E-state index is -1.52. The Morgan fingerprint density at radius 1 is 1.30 bits per heavy atom. The third-order valence-corrected chi connectivity index (χ3v) is 3.70. The van der Waals surface area contributed by atoms with Crippen LogP contribution in [0.15, 0.2) is 10.2 Å². The molecule has 1 heterocycles. The van der Waals surface area contributed by atoms with Crippen LogP contribution in [-0.4, -0.2) is 30.3 Å². The number of carbonyl (C=O) groups is 1. The molecular weight excluding hydrogens is 292 g/mol. The van der Waals surface area contributed by atoms with Crippen LogP contribution in [0.1, 0.15) is 10.4 Å². The molecule has 0 unspecified atom stereocenters. The molecule has 2 aromatic rings. The van der Waals surface area contributed by atoms with Crippen LogP contribution in [-0.2, 0) is 0 Å². The van der Waals surface area contributed by atoms with Gasteiger partial charge in [0.25, 0.3) is 0 Å². The van der Waals surface area contributed by atoms with Gasteiger partial charge in [0.15, 0.2) is 17.4 Å². The number of halogens is 2. The first-order valence-electron chi connectivity index (χ1n) is 5.33. The number of benzene rings is 1. The second kappa shape index (κ2) is 4.71. The summed E-state index contributed by atoms with van der Waals surface area (Å²) in [6.45, 7) is 0. The highest BCUT2D eigenvalue weighted by Gasteiger charge is 2.25. The van der Waals surface area contributed by atoms with Gasteiger partial charge in [-0.05, 0) is 0 Å². The van der Waals surface area contributed by atoms with Gasteiger partial charge in [0.1, 0.15) is 11.3 Å². The summed E-state index contributed by atoms with van der Waals surface area (Å²) in [7, 11) is 2.75. The number of hydrogen-bond donors (Lipinski definition) is 2. The van der Waals surface area contributed by atoms with E-state index in [1.807, 2.05) is 0 Å². The molecule has 0 bridgehead atoms. The molecule has 0 saturated carbocycles. The number of nitrogens with zero attached hydrogens (tertiary/aromatic N) is 1. The third-order valence-electron chi connectivity index (χ3n) is 2.73. The lowest BCUT2D eigenvalue weighted by Crippen LogP contribution is -2.17. The molecule has 0 saturated heterocycles. The van der Waals surface area contributed by atoms with Gasteiger partial charge in [0, 0.05) is 19.5 Å². The number of aromatic hydroxyl groups is 1. The molecular formula is C12H9F2NO4S. The van der Waals surface area contributed by atoms with E-state index in [9.17, 15) is 23.5 Å². The van der Waals surface area contributed by atoms with Crippen LogP contribution in [0.5, 0.6) is 5.75 Å². The summed E-state index contributed by atoms with van der Waals surface area (Å²) in [5, 5.41) is 18.9. The van der Waals surface area contributed by atoms with Crippen LogP contribution < -0.4 is 10.3 Å². The van der Waals surface area contributed by atoms with Gasteiger partial charge in [-0.2, -0.15) is 0 Å². The Morgan fingerprint density at radius 3 is 2.40 bits per heavy atom. The molecule has 106 valence electrons. The monoisotopic (exact) mass is 301 g/mol. The van der Waals surface area contributed by atoms with Gasteiger partial charge in [-0.1, -0.05) is 0 Å². The maximum atomic E-state index is 14.2. The van der Waals surface area contributed by atoms with Gasteiger partial charge in [0.2, 0.25) is 5.43 Å². The van der Waals surface area contributed by atoms with Gasteiger partial charge in [-0.3, -0.25) is 4.79 Å². The van der Waals surface area contributed by atoms with E-state index in [1.54, 1.807) is 0 Å². The van der Waals surface area contributed by atoms with Crippen molar-refractivity contribution in [2.24, 2.45) is 0 Å². The molecule has 8 heteroatoms. The molecule has 0 fully saturated rings. The maximum Gasteiger partial charge on any atom is 0.340 e. The maximum absolute atomic E-state index is 14.2. The molecule has 0 atom stereocenters. The number of fused-ring (bicyclic) bond motifs is 1. The van der Waals surface area contributed by atoms with Gasteiger partial charge in [0.05, 0.1) is 10.1 Å². The average Bonchev–Trinajstić information content (AvgIpc) is 2.35. The van der Waals surface area contributed by atoms with Gasteiger partial charge in [-0.15, -0.1) is 11.3 Å². The molecule has 2 N–H and O–H groups in total. The lowest BCUT2D eigenvalue weighted by molar-refractivity contribution is 0.0696. The fourth-order valence-electron chi connectivity index (χ4n) is 1.81.